The minimum atomic E-state index is -1.04. The van der Waals surface area contributed by atoms with Crippen LogP contribution in [-0.2, 0) is 11.2 Å². The summed E-state index contributed by atoms with van der Waals surface area (Å²) in [6, 6.07) is 15.0. The van der Waals surface area contributed by atoms with Crippen molar-refractivity contribution in [2.45, 2.75) is 38.1 Å². The summed E-state index contributed by atoms with van der Waals surface area (Å²) in [4.78, 5) is 25.7. The highest BCUT2D eigenvalue weighted by Crippen LogP contribution is 2.23. The van der Waals surface area contributed by atoms with Gasteiger partial charge in [-0.25, -0.2) is 4.79 Å². The molecule has 0 spiro atoms. The Morgan fingerprint density at radius 1 is 1.14 bits per heavy atom. The van der Waals surface area contributed by atoms with Gasteiger partial charge in [-0.2, -0.15) is 0 Å². The Morgan fingerprint density at radius 3 is 2.62 bits per heavy atom. The first-order valence-electron chi connectivity index (χ1n) is 10.1. The number of ether oxygens (including phenoxy) is 1. The van der Waals surface area contributed by atoms with E-state index in [1.54, 1.807) is 24.3 Å². The molecular weight excluding hydrogens is 368 g/mol. The highest BCUT2D eigenvalue weighted by Gasteiger charge is 2.19. The smallest absolute Gasteiger partial charge is 0.341 e. The zero-order chi connectivity index (χ0) is 20.6. The fraction of sp³-hybridized carbons (Fsp3) is 0.391. The van der Waals surface area contributed by atoms with E-state index < -0.39 is 12.6 Å². The van der Waals surface area contributed by atoms with Crippen LogP contribution in [0.2, 0.25) is 0 Å². The minimum absolute atomic E-state index is 0.197. The summed E-state index contributed by atoms with van der Waals surface area (Å²) in [5.74, 6) is -0.819. The Hall–Kier alpha value is -2.86. The van der Waals surface area contributed by atoms with Gasteiger partial charge in [-0.05, 0) is 75.2 Å². The number of benzene rings is 2. The van der Waals surface area contributed by atoms with Gasteiger partial charge in [-0.15, -0.1) is 0 Å². The molecule has 1 saturated heterocycles. The molecule has 1 heterocycles. The maximum atomic E-state index is 12.6. The first kappa shape index (κ1) is 20.9. The van der Waals surface area contributed by atoms with E-state index in [9.17, 15) is 9.59 Å². The normalized spacial score (nSPS) is 16.9. The van der Waals surface area contributed by atoms with Gasteiger partial charge in [0.15, 0.2) is 6.61 Å². The molecule has 0 saturated carbocycles. The summed E-state index contributed by atoms with van der Waals surface area (Å²) >= 11 is 0. The number of anilines is 1. The summed E-state index contributed by atoms with van der Waals surface area (Å²) in [5.41, 5.74) is 2.47. The number of piperidine rings is 1. The second-order valence-electron chi connectivity index (χ2n) is 7.49. The lowest BCUT2D eigenvalue weighted by Crippen LogP contribution is -2.36. The van der Waals surface area contributed by atoms with Crippen LogP contribution in [0.15, 0.2) is 48.5 Å². The van der Waals surface area contributed by atoms with Crippen molar-refractivity contribution < 1.29 is 19.4 Å². The van der Waals surface area contributed by atoms with Crippen LogP contribution in [-0.4, -0.2) is 48.1 Å². The molecule has 1 aliphatic rings. The Balaban J connectivity index is 1.61. The highest BCUT2D eigenvalue weighted by molar-refractivity contribution is 6.04. The number of nitrogens with zero attached hydrogens (tertiary/aromatic N) is 1. The molecule has 1 amide bonds. The Labute approximate surface area is 171 Å². The van der Waals surface area contributed by atoms with Crippen molar-refractivity contribution in [3.8, 4) is 5.75 Å². The van der Waals surface area contributed by atoms with E-state index in [2.05, 4.69) is 23.3 Å². The second kappa shape index (κ2) is 10.1. The van der Waals surface area contributed by atoms with Crippen molar-refractivity contribution in [1.82, 2.24) is 4.90 Å². The van der Waals surface area contributed by atoms with Crippen molar-refractivity contribution in [3.05, 3.63) is 59.7 Å². The number of carboxylic acid groups (broad SMARTS) is 1. The van der Waals surface area contributed by atoms with E-state index in [4.69, 9.17) is 9.84 Å². The average Bonchev–Trinajstić information content (AvgIpc) is 2.73. The monoisotopic (exact) mass is 396 g/mol. The van der Waals surface area contributed by atoms with Crippen LogP contribution < -0.4 is 10.1 Å². The molecule has 2 aromatic rings. The second-order valence-corrected chi connectivity index (χ2v) is 7.49. The molecular formula is C23H28N2O4. The average molecular weight is 396 g/mol. The predicted octanol–water partition coefficient (Wildman–Crippen LogP) is 3.82. The van der Waals surface area contributed by atoms with E-state index >= 15 is 0 Å². The van der Waals surface area contributed by atoms with Crippen molar-refractivity contribution >= 4 is 17.6 Å². The van der Waals surface area contributed by atoms with Crippen molar-refractivity contribution in [2.24, 2.45) is 0 Å². The topological polar surface area (TPSA) is 78.9 Å². The number of carbonyl (C=O) groups is 2. The summed E-state index contributed by atoms with van der Waals surface area (Å²) in [5, 5.41) is 11.7. The van der Waals surface area contributed by atoms with Gasteiger partial charge in [0.25, 0.3) is 5.91 Å². The third-order valence-electron chi connectivity index (χ3n) is 5.41. The number of aryl methyl sites for hydroxylation is 1. The first-order chi connectivity index (χ1) is 14.0. The molecule has 3 rings (SSSR count). The maximum Gasteiger partial charge on any atom is 0.341 e. The number of aliphatic carboxylic acids is 1. The molecule has 1 aliphatic heterocycles. The van der Waals surface area contributed by atoms with Crippen molar-refractivity contribution in [2.75, 3.05) is 25.5 Å². The zero-order valence-electron chi connectivity index (χ0n) is 16.8. The summed E-state index contributed by atoms with van der Waals surface area (Å²) in [7, 11) is 2.20. The summed E-state index contributed by atoms with van der Waals surface area (Å²) in [6.07, 6.45) is 5.81. The number of carboxylic acids is 1. The number of para-hydroxylation sites is 1. The van der Waals surface area contributed by atoms with Gasteiger partial charge >= 0.3 is 5.97 Å². The van der Waals surface area contributed by atoms with E-state index in [1.807, 2.05) is 18.2 Å². The largest absolute Gasteiger partial charge is 0.482 e. The van der Waals surface area contributed by atoms with E-state index in [1.165, 1.54) is 19.3 Å². The molecule has 29 heavy (non-hydrogen) atoms. The van der Waals surface area contributed by atoms with Crippen LogP contribution in [0.1, 0.15) is 41.6 Å². The van der Waals surface area contributed by atoms with Gasteiger partial charge in [0.1, 0.15) is 5.75 Å². The lowest BCUT2D eigenvalue weighted by atomic mass is 9.96. The molecule has 1 fully saturated rings. The van der Waals surface area contributed by atoms with Gasteiger partial charge in [0.05, 0.1) is 0 Å². The maximum absolute atomic E-state index is 12.6. The summed E-state index contributed by atoms with van der Waals surface area (Å²) in [6.45, 7) is 0.754. The number of likely N-dealkylation sites (tertiary alicyclic amines) is 1. The van der Waals surface area contributed by atoms with Crippen LogP contribution in [0.4, 0.5) is 5.69 Å². The van der Waals surface area contributed by atoms with Crippen LogP contribution in [0.25, 0.3) is 0 Å². The first-order valence-corrected chi connectivity index (χ1v) is 10.1. The van der Waals surface area contributed by atoms with Crippen LogP contribution in [0.5, 0.6) is 5.75 Å². The Kier molecular flexibility index (Phi) is 7.25. The van der Waals surface area contributed by atoms with Crippen LogP contribution in [0, 0.1) is 0 Å². The molecule has 0 aliphatic carbocycles. The number of hydrogen-bond donors (Lipinski definition) is 2. The fourth-order valence-electron chi connectivity index (χ4n) is 3.73. The number of carbonyl (C=O) groups excluding carboxylic acids is 1. The Bertz CT molecular complexity index is 835. The lowest BCUT2D eigenvalue weighted by Gasteiger charge is -2.32. The standard InChI is InChI=1S/C23H28N2O4/c1-25-15-5-4-7-19(25)12-9-17-6-2-3-8-21(17)24-23(28)18-10-13-20(14-11-18)29-16-22(26)27/h2-3,6,8,10-11,13-14,19H,4-5,7,9,12,15-16H2,1H3,(H,24,28)(H,26,27). The van der Waals surface area contributed by atoms with Gasteiger partial charge in [0.2, 0.25) is 0 Å². The molecule has 154 valence electrons. The van der Waals surface area contributed by atoms with Crippen LogP contribution >= 0.6 is 0 Å². The number of nitrogens with one attached hydrogen (secondary N) is 1. The molecule has 0 radical (unpaired) electrons. The number of hydrogen-bond acceptors (Lipinski definition) is 4. The molecule has 6 nitrogen and oxygen atoms in total. The molecule has 0 aromatic heterocycles. The SMILES string of the molecule is CN1CCCCC1CCc1ccccc1NC(=O)c1ccc(OCC(=O)O)cc1. The quantitative estimate of drug-likeness (QED) is 0.709. The van der Waals surface area contributed by atoms with Crippen molar-refractivity contribution in [3.63, 3.8) is 0 Å². The molecule has 1 unspecified atom stereocenters. The molecule has 1 atom stereocenters. The van der Waals surface area contributed by atoms with Crippen molar-refractivity contribution in [1.29, 1.82) is 0 Å². The van der Waals surface area contributed by atoms with E-state index in [0.717, 1.165) is 30.6 Å². The summed E-state index contributed by atoms with van der Waals surface area (Å²) < 4.78 is 5.10. The molecule has 2 aromatic carbocycles. The zero-order valence-corrected chi connectivity index (χ0v) is 16.8. The van der Waals surface area contributed by atoms with Gasteiger partial charge < -0.3 is 20.1 Å². The third kappa shape index (κ3) is 6.06. The third-order valence-corrected chi connectivity index (χ3v) is 5.41. The van der Waals surface area contributed by atoms with Gasteiger partial charge in [0, 0.05) is 17.3 Å². The fourth-order valence-corrected chi connectivity index (χ4v) is 3.73. The predicted molar refractivity (Wildman–Crippen MR) is 113 cm³/mol. The van der Waals surface area contributed by atoms with Crippen LogP contribution in [0.3, 0.4) is 0 Å². The van der Waals surface area contributed by atoms with Gasteiger partial charge in [-0.3, -0.25) is 4.79 Å². The van der Waals surface area contributed by atoms with E-state index in [-0.39, 0.29) is 5.91 Å². The number of rotatable bonds is 8. The molecule has 2 N–H and O–H groups in total. The van der Waals surface area contributed by atoms with Gasteiger partial charge in [-0.1, -0.05) is 24.6 Å². The minimum Gasteiger partial charge on any atom is -0.482 e. The Morgan fingerprint density at radius 2 is 1.90 bits per heavy atom. The molecule has 0 bridgehead atoms. The number of amides is 1. The lowest BCUT2D eigenvalue weighted by molar-refractivity contribution is -0.139. The van der Waals surface area contributed by atoms with E-state index in [0.29, 0.717) is 17.4 Å². The molecule has 6 heteroatoms. The highest BCUT2D eigenvalue weighted by atomic mass is 16.5.